The number of aromatic nitrogens is 2. The number of rotatable bonds is 1. The molecule has 0 saturated carbocycles. The van der Waals surface area contributed by atoms with Crippen LogP contribution in [0.1, 0.15) is 39.2 Å². The van der Waals surface area contributed by atoms with E-state index >= 15 is 0 Å². The first-order valence-corrected chi connectivity index (χ1v) is 11.5. The highest BCUT2D eigenvalue weighted by Gasteiger charge is 2.45. The second-order valence-electron chi connectivity index (χ2n) is 8.94. The fraction of sp³-hybridized carbons (Fsp3) is 0.550. The first kappa shape index (κ1) is 23.6. The summed E-state index contributed by atoms with van der Waals surface area (Å²) >= 11 is 15.3. The van der Waals surface area contributed by atoms with Crippen LogP contribution in [-0.4, -0.2) is 51.7 Å². The molecular formula is C20H20BrCl2F3N4O2. The van der Waals surface area contributed by atoms with Gasteiger partial charge in [-0.3, -0.25) is 4.90 Å². The van der Waals surface area contributed by atoms with Crippen molar-refractivity contribution in [1.82, 2.24) is 14.9 Å². The van der Waals surface area contributed by atoms with Gasteiger partial charge in [0, 0.05) is 18.5 Å². The monoisotopic (exact) mass is 554 g/mol. The molecule has 2 aromatic rings. The quantitative estimate of drug-likeness (QED) is 0.386. The predicted octanol–water partition coefficient (Wildman–Crippen LogP) is 6.31. The van der Waals surface area contributed by atoms with Gasteiger partial charge in [0.15, 0.2) is 0 Å². The molecule has 32 heavy (non-hydrogen) atoms. The minimum Gasteiger partial charge on any atom is -0.444 e. The van der Waals surface area contributed by atoms with Crippen LogP contribution in [0.2, 0.25) is 10.3 Å². The van der Waals surface area contributed by atoms with Gasteiger partial charge < -0.3 is 9.64 Å². The van der Waals surface area contributed by atoms with E-state index in [1.807, 2.05) is 4.90 Å². The molecule has 2 aliphatic heterocycles. The van der Waals surface area contributed by atoms with Crippen LogP contribution in [0.5, 0.6) is 0 Å². The Bertz CT molecular complexity index is 1080. The fourth-order valence-electron chi connectivity index (χ4n) is 4.30. The molecule has 1 aromatic heterocycles. The molecular weight excluding hydrogens is 536 g/mol. The Kier molecular flexibility index (Phi) is 5.95. The third-order valence-corrected chi connectivity index (χ3v) is 7.10. The van der Waals surface area contributed by atoms with Crippen LogP contribution in [-0.2, 0) is 10.9 Å². The van der Waals surface area contributed by atoms with Gasteiger partial charge in [-0.2, -0.15) is 18.2 Å². The van der Waals surface area contributed by atoms with E-state index in [9.17, 15) is 18.0 Å². The Morgan fingerprint density at radius 3 is 2.28 bits per heavy atom. The van der Waals surface area contributed by atoms with Crippen LogP contribution in [0.4, 0.5) is 23.8 Å². The number of benzene rings is 1. The summed E-state index contributed by atoms with van der Waals surface area (Å²) in [5, 5.41) is -0.154. The highest BCUT2D eigenvalue weighted by Crippen LogP contribution is 2.44. The van der Waals surface area contributed by atoms with Crippen molar-refractivity contribution in [2.24, 2.45) is 0 Å². The maximum atomic E-state index is 13.6. The van der Waals surface area contributed by atoms with Gasteiger partial charge in [-0.1, -0.05) is 11.6 Å². The second-order valence-corrected chi connectivity index (χ2v) is 10.4. The Labute approximate surface area is 201 Å². The molecule has 12 heteroatoms. The molecule has 4 rings (SSSR count). The summed E-state index contributed by atoms with van der Waals surface area (Å²) in [7, 11) is 0. The van der Waals surface area contributed by atoms with E-state index in [1.54, 1.807) is 25.7 Å². The summed E-state index contributed by atoms with van der Waals surface area (Å²) in [4.78, 5) is 24.6. The van der Waals surface area contributed by atoms with Gasteiger partial charge >= 0.3 is 12.3 Å². The van der Waals surface area contributed by atoms with Crippen molar-refractivity contribution < 1.29 is 22.7 Å². The van der Waals surface area contributed by atoms with Crippen molar-refractivity contribution in [2.75, 3.05) is 18.0 Å². The number of halogens is 6. The molecule has 2 atom stereocenters. The fourth-order valence-corrected chi connectivity index (χ4v) is 5.23. The molecule has 2 aliphatic rings. The van der Waals surface area contributed by atoms with Gasteiger partial charge in [-0.25, -0.2) is 9.78 Å². The molecule has 2 bridgehead atoms. The molecule has 0 radical (unpaired) electrons. The second kappa shape index (κ2) is 8.06. The third kappa shape index (κ3) is 4.33. The van der Waals surface area contributed by atoms with E-state index < -0.39 is 17.3 Å². The van der Waals surface area contributed by atoms with Crippen LogP contribution >= 0.6 is 39.1 Å². The lowest BCUT2D eigenvalue weighted by Crippen LogP contribution is -2.57. The van der Waals surface area contributed by atoms with Crippen LogP contribution in [0, 0.1) is 0 Å². The molecule has 2 saturated heterocycles. The summed E-state index contributed by atoms with van der Waals surface area (Å²) in [5.74, 6) is 0.264. The standard InChI is InChI=1S/C20H20BrCl2F3N4O2/c1-19(2,3)32-18(31)30-9-4-5-10(30)8-29(7-9)16-11-6-12(20(24,25)26)13(21)14(22)15(11)27-17(23)28-16/h6,9-10H,4-5,7-8H2,1-3H3. The number of hydrogen-bond acceptors (Lipinski definition) is 5. The van der Waals surface area contributed by atoms with E-state index in [2.05, 4.69) is 25.9 Å². The van der Waals surface area contributed by atoms with Gasteiger partial charge in [-0.15, -0.1) is 0 Å². The molecule has 2 fully saturated rings. The minimum atomic E-state index is -4.62. The summed E-state index contributed by atoms with van der Waals surface area (Å²) < 4.78 is 46.0. The van der Waals surface area contributed by atoms with E-state index in [-0.39, 0.29) is 49.7 Å². The van der Waals surface area contributed by atoms with Crippen molar-refractivity contribution in [3.05, 3.63) is 26.4 Å². The van der Waals surface area contributed by atoms with E-state index in [0.29, 0.717) is 13.1 Å². The van der Waals surface area contributed by atoms with Gasteiger partial charge in [0.05, 0.1) is 32.7 Å². The number of piperazine rings is 1. The van der Waals surface area contributed by atoms with Crippen molar-refractivity contribution >= 4 is 61.9 Å². The van der Waals surface area contributed by atoms with Crippen molar-refractivity contribution in [2.45, 2.75) is 57.5 Å². The number of anilines is 1. The number of nitrogens with zero attached hydrogens (tertiary/aromatic N) is 4. The lowest BCUT2D eigenvalue weighted by molar-refractivity contribution is -0.138. The molecule has 1 amide bonds. The van der Waals surface area contributed by atoms with E-state index in [1.165, 1.54) is 0 Å². The molecule has 0 aliphatic carbocycles. The lowest BCUT2D eigenvalue weighted by atomic mass is 10.1. The summed E-state index contributed by atoms with van der Waals surface area (Å²) in [6.45, 7) is 6.18. The number of hydrogen-bond donors (Lipinski definition) is 0. The van der Waals surface area contributed by atoms with Crippen molar-refractivity contribution in [1.29, 1.82) is 0 Å². The number of carbonyl (C=O) groups is 1. The Morgan fingerprint density at radius 2 is 1.75 bits per heavy atom. The summed E-state index contributed by atoms with van der Waals surface area (Å²) in [5.41, 5.74) is -1.41. The topological polar surface area (TPSA) is 58.6 Å². The van der Waals surface area contributed by atoms with Crippen molar-refractivity contribution in [3.8, 4) is 0 Å². The average molecular weight is 556 g/mol. The van der Waals surface area contributed by atoms with E-state index in [4.69, 9.17) is 27.9 Å². The smallest absolute Gasteiger partial charge is 0.417 e. The molecule has 174 valence electrons. The SMILES string of the molecule is CC(C)(C)OC(=O)N1C2CCC1CN(c1nc(Cl)nc3c(Cl)c(Br)c(C(F)(F)F)cc13)C2. The third-order valence-electron chi connectivity index (χ3n) is 5.52. The van der Waals surface area contributed by atoms with Gasteiger partial charge in [0.1, 0.15) is 11.4 Å². The molecule has 2 unspecified atom stereocenters. The number of fused-ring (bicyclic) bond motifs is 3. The highest BCUT2D eigenvalue weighted by atomic mass is 79.9. The minimum absolute atomic E-state index is 0.122. The zero-order chi connectivity index (χ0) is 23.6. The van der Waals surface area contributed by atoms with Gasteiger partial charge in [0.2, 0.25) is 5.28 Å². The lowest BCUT2D eigenvalue weighted by Gasteiger charge is -2.42. The molecule has 0 N–H and O–H groups in total. The maximum absolute atomic E-state index is 13.6. The molecule has 3 heterocycles. The zero-order valence-corrected chi connectivity index (χ0v) is 20.5. The Balaban J connectivity index is 1.74. The van der Waals surface area contributed by atoms with Crippen LogP contribution in [0.25, 0.3) is 10.9 Å². The van der Waals surface area contributed by atoms with E-state index in [0.717, 1.165) is 18.9 Å². The summed E-state index contributed by atoms with van der Waals surface area (Å²) in [6, 6.07) is 0.680. The number of amides is 1. The first-order valence-electron chi connectivity index (χ1n) is 9.95. The average Bonchev–Trinajstić information content (AvgIpc) is 2.92. The maximum Gasteiger partial charge on any atom is 0.417 e. The van der Waals surface area contributed by atoms with Crippen LogP contribution in [0.15, 0.2) is 10.5 Å². The van der Waals surface area contributed by atoms with Crippen LogP contribution < -0.4 is 4.90 Å². The number of ether oxygens (including phenoxy) is 1. The first-order chi connectivity index (χ1) is 14.8. The Hall–Kier alpha value is -1.52. The zero-order valence-electron chi connectivity index (χ0n) is 17.4. The number of alkyl halides is 3. The normalized spacial score (nSPS) is 21.4. The summed E-state index contributed by atoms with van der Waals surface area (Å²) in [6.07, 6.45) is -3.49. The highest BCUT2D eigenvalue weighted by molar-refractivity contribution is 9.10. The Morgan fingerprint density at radius 1 is 1.16 bits per heavy atom. The molecule has 6 nitrogen and oxygen atoms in total. The van der Waals surface area contributed by atoms with Gasteiger partial charge in [-0.05, 0) is 67.2 Å². The molecule has 0 spiro atoms. The van der Waals surface area contributed by atoms with Crippen LogP contribution in [0.3, 0.4) is 0 Å². The van der Waals surface area contributed by atoms with Crippen molar-refractivity contribution in [3.63, 3.8) is 0 Å². The number of carbonyl (C=O) groups excluding carboxylic acids is 1. The predicted molar refractivity (Wildman–Crippen MR) is 119 cm³/mol. The molecule has 1 aromatic carbocycles. The van der Waals surface area contributed by atoms with Gasteiger partial charge in [0.25, 0.3) is 0 Å². The largest absolute Gasteiger partial charge is 0.444 e.